The van der Waals surface area contributed by atoms with Gasteiger partial charge in [0, 0.05) is 6.54 Å². The van der Waals surface area contributed by atoms with Gasteiger partial charge in [0.15, 0.2) is 0 Å². The van der Waals surface area contributed by atoms with Crippen molar-refractivity contribution in [1.82, 2.24) is 4.90 Å². The topological polar surface area (TPSA) is 29.3 Å². The molecule has 0 aromatic rings. The first kappa shape index (κ1) is 15.9. The molecule has 2 nitrogen and oxygen atoms in total. The largest absolute Gasteiger partial charge is 0.330 e. The molecular weight excluding hydrogens is 196 g/mol. The van der Waals surface area contributed by atoms with E-state index in [0.717, 1.165) is 13.1 Å². The molecule has 0 aliphatic heterocycles. The van der Waals surface area contributed by atoms with Gasteiger partial charge >= 0.3 is 0 Å². The van der Waals surface area contributed by atoms with E-state index in [-0.39, 0.29) is 5.41 Å². The molecule has 16 heavy (non-hydrogen) atoms. The molecule has 0 aliphatic rings. The molecule has 2 heteroatoms. The fraction of sp³-hybridized carbons (Fsp3) is 1.00. The zero-order chi connectivity index (χ0) is 12.4. The van der Waals surface area contributed by atoms with Crippen LogP contribution in [0, 0.1) is 5.41 Å². The van der Waals surface area contributed by atoms with Crippen LogP contribution in [0.5, 0.6) is 0 Å². The van der Waals surface area contributed by atoms with Crippen molar-refractivity contribution < 1.29 is 0 Å². The van der Waals surface area contributed by atoms with E-state index in [4.69, 9.17) is 5.73 Å². The summed E-state index contributed by atoms with van der Waals surface area (Å²) in [7, 11) is 0. The Morgan fingerprint density at radius 3 is 2.12 bits per heavy atom. The molecule has 0 fully saturated rings. The molecule has 0 bridgehead atoms. The lowest BCUT2D eigenvalue weighted by atomic mass is 9.93. The lowest BCUT2D eigenvalue weighted by Gasteiger charge is -2.31. The predicted molar refractivity (Wildman–Crippen MR) is 73.7 cm³/mol. The van der Waals surface area contributed by atoms with Crippen LogP contribution in [-0.4, -0.2) is 31.1 Å². The molecule has 0 radical (unpaired) electrons. The van der Waals surface area contributed by atoms with Gasteiger partial charge in [-0.15, -0.1) is 0 Å². The van der Waals surface area contributed by atoms with Crippen LogP contribution < -0.4 is 5.73 Å². The monoisotopic (exact) mass is 228 g/mol. The quantitative estimate of drug-likeness (QED) is 0.582. The molecule has 0 unspecified atom stereocenters. The van der Waals surface area contributed by atoms with Crippen LogP contribution in [-0.2, 0) is 0 Å². The van der Waals surface area contributed by atoms with Crippen LogP contribution in [0.4, 0.5) is 0 Å². The van der Waals surface area contributed by atoms with Gasteiger partial charge in [0.25, 0.3) is 0 Å². The third kappa shape index (κ3) is 8.12. The van der Waals surface area contributed by atoms with Crippen molar-refractivity contribution in [3.05, 3.63) is 0 Å². The number of nitrogens with zero attached hydrogens (tertiary/aromatic N) is 1. The standard InChI is InChI=1S/C14H32N2/c1-5-7-8-9-11-16(10-6-2)13-14(3,4)12-15/h5-13,15H2,1-4H3. The minimum absolute atomic E-state index is 0.264. The van der Waals surface area contributed by atoms with E-state index in [9.17, 15) is 0 Å². The first-order valence-corrected chi connectivity index (χ1v) is 6.98. The predicted octanol–water partition coefficient (Wildman–Crippen LogP) is 3.26. The van der Waals surface area contributed by atoms with Crippen LogP contribution in [0.1, 0.15) is 59.8 Å². The number of nitrogens with two attached hydrogens (primary N) is 1. The molecule has 0 atom stereocenters. The second-order valence-corrected chi connectivity index (χ2v) is 5.71. The van der Waals surface area contributed by atoms with Crippen LogP contribution in [0.15, 0.2) is 0 Å². The van der Waals surface area contributed by atoms with Gasteiger partial charge in [0.1, 0.15) is 0 Å². The van der Waals surface area contributed by atoms with E-state index in [1.54, 1.807) is 0 Å². The Balaban J connectivity index is 3.87. The first-order valence-electron chi connectivity index (χ1n) is 6.98. The highest BCUT2D eigenvalue weighted by molar-refractivity contribution is 4.74. The van der Waals surface area contributed by atoms with Crippen LogP contribution in [0.3, 0.4) is 0 Å². The summed E-state index contributed by atoms with van der Waals surface area (Å²) < 4.78 is 0. The summed E-state index contributed by atoms with van der Waals surface area (Å²) >= 11 is 0. The third-order valence-corrected chi connectivity index (χ3v) is 3.07. The summed E-state index contributed by atoms with van der Waals surface area (Å²) in [5.74, 6) is 0. The highest BCUT2D eigenvalue weighted by Crippen LogP contribution is 2.15. The molecule has 0 amide bonds. The highest BCUT2D eigenvalue weighted by Gasteiger charge is 2.19. The van der Waals surface area contributed by atoms with Crippen molar-refractivity contribution in [1.29, 1.82) is 0 Å². The smallest absolute Gasteiger partial charge is 0.00447 e. The Bertz CT molecular complexity index is 155. The van der Waals surface area contributed by atoms with Crippen molar-refractivity contribution in [3.8, 4) is 0 Å². The minimum Gasteiger partial charge on any atom is -0.330 e. The van der Waals surface area contributed by atoms with Gasteiger partial charge < -0.3 is 10.6 Å². The van der Waals surface area contributed by atoms with Crippen molar-refractivity contribution in [2.24, 2.45) is 11.1 Å². The lowest BCUT2D eigenvalue weighted by molar-refractivity contribution is 0.180. The van der Waals surface area contributed by atoms with Crippen molar-refractivity contribution >= 4 is 0 Å². The zero-order valence-corrected chi connectivity index (χ0v) is 11.9. The van der Waals surface area contributed by atoms with Gasteiger partial charge in [-0.2, -0.15) is 0 Å². The molecule has 0 aliphatic carbocycles. The average Bonchev–Trinajstić information content (AvgIpc) is 2.24. The SMILES string of the molecule is CCCCCCN(CCC)CC(C)(C)CN. The Labute approximate surface area is 103 Å². The molecule has 0 rings (SSSR count). The summed E-state index contributed by atoms with van der Waals surface area (Å²) in [5.41, 5.74) is 6.06. The maximum atomic E-state index is 5.80. The third-order valence-electron chi connectivity index (χ3n) is 3.07. The normalized spacial score (nSPS) is 12.4. The molecule has 0 aromatic heterocycles. The zero-order valence-electron chi connectivity index (χ0n) is 11.9. The lowest BCUT2D eigenvalue weighted by Crippen LogP contribution is -2.39. The van der Waals surface area contributed by atoms with Gasteiger partial charge in [-0.25, -0.2) is 0 Å². The molecule has 2 N–H and O–H groups in total. The van der Waals surface area contributed by atoms with Crippen LogP contribution in [0.2, 0.25) is 0 Å². The number of unbranched alkanes of at least 4 members (excludes halogenated alkanes) is 3. The Hall–Kier alpha value is -0.0800. The Morgan fingerprint density at radius 1 is 0.938 bits per heavy atom. The number of hydrogen-bond acceptors (Lipinski definition) is 2. The summed E-state index contributed by atoms with van der Waals surface area (Å²) in [5, 5.41) is 0. The number of hydrogen-bond donors (Lipinski definition) is 1. The minimum atomic E-state index is 0.264. The molecule has 0 saturated heterocycles. The summed E-state index contributed by atoms with van der Waals surface area (Å²) in [6.07, 6.45) is 6.66. The second kappa shape index (κ2) is 9.00. The van der Waals surface area contributed by atoms with E-state index in [0.29, 0.717) is 0 Å². The van der Waals surface area contributed by atoms with Gasteiger partial charge in [-0.3, -0.25) is 0 Å². The summed E-state index contributed by atoms with van der Waals surface area (Å²) in [6, 6.07) is 0. The fourth-order valence-corrected chi connectivity index (χ4v) is 2.02. The molecule has 98 valence electrons. The molecule has 0 heterocycles. The Morgan fingerprint density at radius 2 is 1.62 bits per heavy atom. The molecular formula is C14H32N2. The van der Waals surface area contributed by atoms with E-state index in [1.807, 2.05) is 0 Å². The van der Waals surface area contributed by atoms with Gasteiger partial charge in [0.05, 0.1) is 0 Å². The molecule has 0 aromatic carbocycles. The second-order valence-electron chi connectivity index (χ2n) is 5.71. The average molecular weight is 228 g/mol. The van der Waals surface area contributed by atoms with E-state index in [2.05, 4.69) is 32.6 Å². The fourth-order valence-electron chi connectivity index (χ4n) is 2.02. The van der Waals surface area contributed by atoms with Gasteiger partial charge in [-0.1, -0.05) is 47.0 Å². The first-order chi connectivity index (χ1) is 7.55. The van der Waals surface area contributed by atoms with Crippen molar-refractivity contribution in [3.63, 3.8) is 0 Å². The summed E-state index contributed by atoms with van der Waals surface area (Å²) in [6.45, 7) is 13.4. The van der Waals surface area contributed by atoms with Crippen molar-refractivity contribution in [2.45, 2.75) is 59.8 Å². The molecule has 0 spiro atoms. The van der Waals surface area contributed by atoms with Gasteiger partial charge in [0.2, 0.25) is 0 Å². The van der Waals surface area contributed by atoms with Crippen LogP contribution >= 0.6 is 0 Å². The Kier molecular flexibility index (Phi) is 8.96. The van der Waals surface area contributed by atoms with Gasteiger partial charge in [-0.05, 0) is 37.9 Å². The summed E-state index contributed by atoms with van der Waals surface area (Å²) in [4.78, 5) is 2.59. The van der Waals surface area contributed by atoms with E-state index in [1.165, 1.54) is 45.2 Å². The van der Waals surface area contributed by atoms with E-state index < -0.39 is 0 Å². The number of rotatable bonds is 10. The maximum absolute atomic E-state index is 5.80. The van der Waals surface area contributed by atoms with Crippen LogP contribution in [0.25, 0.3) is 0 Å². The van der Waals surface area contributed by atoms with E-state index >= 15 is 0 Å². The maximum Gasteiger partial charge on any atom is 0.00447 e. The van der Waals surface area contributed by atoms with Crippen molar-refractivity contribution in [2.75, 3.05) is 26.2 Å². The molecule has 0 saturated carbocycles. The highest BCUT2D eigenvalue weighted by atomic mass is 15.1.